The van der Waals surface area contributed by atoms with Crippen LogP contribution in [-0.2, 0) is 18.4 Å². The lowest BCUT2D eigenvalue weighted by atomic mass is 10.0. The number of allylic oxidation sites excluding steroid dienone is 19. The number of likely N-dealkylation sites (N-methyl/N-ethyl adjacent to an activating group) is 1. The van der Waals surface area contributed by atoms with E-state index in [4.69, 9.17) is 9.05 Å². The van der Waals surface area contributed by atoms with E-state index in [0.29, 0.717) is 17.4 Å². The van der Waals surface area contributed by atoms with E-state index >= 15 is 0 Å². The third-order valence-corrected chi connectivity index (χ3v) is 13.4. The van der Waals surface area contributed by atoms with Gasteiger partial charge in [0.2, 0.25) is 5.91 Å². The Morgan fingerprint density at radius 2 is 0.849 bits per heavy atom. The molecular weight excluding hydrogens is 924 g/mol. The van der Waals surface area contributed by atoms with Crippen molar-refractivity contribution in [3.8, 4) is 0 Å². The fourth-order valence-electron chi connectivity index (χ4n) is 7.83. The maximum Gasteiger partial charge on any atom is 0.268 e. The molecule has 73 heavy (non-hydrogen) atoms. The lowest BCUT2D eigenvalue weighted by Crippen LogP contribution is -2.45. The van der Waals surface area contributed by atoms with E-state index in [1.807, 2.05) is 27.2 Å². The van der Waals surface area contributed by atoms with Gasteiger partial charge in [-0.3, -0.25) is 9.36 Å². The van der Waals surface area contributed by atoms with Crippen LogP contribution in [0.15, 0.2) is 122 Å². The van der Waals surface area contributed by atoms with Crippen LogP contribution in [0.5, 0.6) is 0 Å². The molecule has 0 aliphatic rings. The number of nitrogens with one attached hydrogen (secondary N) is 1. The van der Waals surface area contributed by atoms with Crippen LogP contribution in [-0.4, -0.2) is 68.5 Å². The van der Waals surface area contributed by atoms with Gasteiger partial charge in [0.1, 0.15) is 13.2 Å². The van der Waals surface area contributed by atoms with Crippen LogP contribution in [0.3, 0.4) is 0 Å². The number of carbonyl (C=O) groups is 1. The minimum Gasteiger partial charge on any atom is -0.756 e. The van der Waals surface area contributed by atoms with E-state index in [9.17, 15) is 19.4 Å². The standard InChI is InChI=1S/C64H111N2O6P/c1-6-8-10-12-14-16-18-20-22-24-26-28-29-30-31-32-33-34-35-36-37-38-40-42-44-46-48-50-52-54-56-58-64(68)65-62(61-72-73(69,70)71-60-59-66(3,4)5)63(67)57-55-53-51-49-47-45-43-41-39-27-25-23-21-19-17-15-13-11-9-7-2/h8,10,14,16,20,22,26,28,30-31,33-34,36-37,40,42,47,49,55,57,62-63,67H,6-7,9,11-13,15,17-19,21,23-25,27,29,32,35,38-39,41,43-46,48,50-54,56,58-61H2,1-5H3,(H-,65,68,69,70)/b10-8-,16-14-,22-20-,28-26-,31-30-,34-33-,37-36-,42-40-,49-47+,57-55+. The monoisotopic (exact) mass is 1030 g/mol. The highest BCUT2D eigenvalue weighted by molar-refractivity contribution is 7.45. The van der Waals surface area contributed by atoms with Crippen molar-refractivity contribution in [3.63, 3.8) is 0 Å². The van der Waals surface area contributed by atoms with E-state index in [2.05, 4.69) is 129 Å². The molecule has 0 heterocycles. The topological polar surface area (TPSA) is 108 Å². The Hall–Kier alpha value is -3.10. The van der Waals surface area contributed by atoms with Gasteiger partial charge in [0, 0.05) is 6.42 Å². The van der Waals surface area contributed by atoms with Gasteiger partial charge in [0.15, 0.2) is 0 Å². The van der Waals surface area contributed by atoms with E-state index in [0.717, 1.165) is 116 Å². The summed E-state index contributed by atoms with van der Waals surface area (Å²) in [4.78, 5) is 25.5. The smallest absolute Gasteiger partial charge is 0.268 e. The third kappa shape index (κ3) is 56.5. The fourth-order valence-corrected chi connectivity index (χ4v) is 8.55. The van der Waals surface area contributed by atoms with Gasteiger partial charge in [-0.05, 0) is 96.3 Å². The zero-order chi connectivity index (χ0) is 53.5. The number of phosphoric ester groups is 1. The Labute approximate surface area is 450 Å². The average molecular weight is 1040 g/mol. The molecule has 0 aromatic heterocycles. The Kier molecular flexibility index (Phi) is 51.4. The van der Waals surface area contributed by atoms with Gasteiger partial charge in [-0.15, -0.1) is 0 Å². The number of aliphatic hydroxyl groups is 1. The minimum absolute atomic E-state index is 0.0161. The molecule has 3 unspecified atom stereocenters. The molecule has 0 radical (unpaired) electrons. The third-order valence-electron chi connectivity index (χ3n) is 12.4. The highest BCUT2D eigenvalue weighted by Gasteiger charge is 2.23. The lowest BCUT2D eigenvalue weighted by molar-refractivity contribution is -0.870. The second-order valence-corrected chi connectivity index (χ2v) is 22.0. The van der Waals surface area contributed by atoms with Crippen molar-refractivity contribution in [1.82, 2.24) is 5.32 Å². The summed E-state index contributed by atoms with van der Waals surface area (Å²) >= 11 is 0. The van der Waals surface area contributed by atoms with Crippen molar-refractivity contribution in [2.24, 2.45) is 0 Å². The van der Waals surface area contributed by atoms with Crippen LogP contribution in [0, 0.1) is 0 Å². The molecule has 0 saturated heterocycles. The average Bonchev–Trinajstić information content (AvgIpc) is 3.35. The Morgan fingerprint density at radius 3 is 1.27 bits per heavy atom. The van der Waals surface area contributed by atoms with Gasteiger partial charge in [0.05, 0.1) is 39.9 Å². The number of carbonyl (C=O) groups excluding carboxylic acids is 1. The number of phosphoric acid groups is 1. The number of hydrogen-bond donors (Lipinski definition) is 2. The molecule has 418 valence electrons. The fraction of sp³-hybridized carbons (Fsp3) is 0.672. The molecule has 2 N–H and O–H groups in total. The summed E-state index contributed by atoms with van der Waals surface area (Å²) in [5.41, 5.74) is 0. The molecule has 0 rings (SSSR count). The molecule has 0 spiro atoms. The van der Waals surface area contributed by atoms with Gasteiger partial charge in [-0.25, -0.2) is 0 Å². The van der Waals surface area contributed by atoms with Crippen molar-refractivity contribution >= 4 is 13.7 Å². The van der Waals surface area contributed by atoms with Crippen molar-refractivity contribution in [3.05, 3.63) is 122 Å². The van der Waals surface area contributed by atoms with E-state index in [-0.39, 0.29) is 12.5 Å². The van der Waals surface area contributed by atoms with Gasteiger partial charge < -0.3 is 28.8 Å². The molecule has 0 fully saturated rings. The van der Waals surface area contributed by atoms with Crippen molar-refractivity contribution in [1.29, 1.82) is 0 Å². The quantitative estimate of drug-likeness (QED) is 0.0272. The molecule has 0 aliphatic heterocycles. The number of rotatable bonds is 52. The summed E-state index contributed by atoms with van der Waals surface area (Å²) < 4.78 is 23.3. The first-order valence-corrected chi connectivity index (χ1v) is 30.9. The molecule has 1 amide bonds. The summed E-state index contributed by atoms with van der Waals surface area (Å²) in [6.45, 7) is 4.50. The van der Waals surface area contributed by atoms with E-state index < -0.39 is 26.6 Å². The highest BCUT2D eigenvalue weighted by Crippen LogP contribution is 2.38. The summed E-state index contributed by atoms with van der Waals surface area (Å²) in [5.74, 6) is -0.226. The first kappa shape index (κ1) is 69.9. The number of amides is 1. The molecule has 0 aliphatic carbocycles. The van der Waals surface area contributed by atoms with Crippen molar-refractivity contribution in [2.45, 2.75) is 238 Å². The van der Waals surface area contributed by atoms with Crippen molar-refractivity contribution in [2.75, 3.05) is 40.9 Å². The molecular formula is C64H111N2O6P. The summed E-state index contributed by atoms with van der Waals surface area (Å²) in [6.07, 6.45) is 79.9. The molecule has 0 aromatic rings. The van der Waals surface area contributed by atoms with Crippen LogP contribution in [0.1, 0.15) is 226 Å². The van der Waals surface area contributed by atoms with Crippen LogP contribution in [0.2, 0.25) is 0 Å². The van der Waals surface area contributed by atoms with Crippen LogP contribution in [0.4, 0.5) is 0 Å². The Balaban J connectivity index is 4.31. The second kappa shape index (κ2) is 53.7. The Morgan fingerprint density at radius 1 is 0.493 bits per heavy atom. The number of unbranched alkanes of at least 4 members (excludes halogenated alkanes) is 21. The predicted octanol–water partition coefficient (Wildman–Crippen LogP) is 17.5. The summed E-state index contributed by atoms with van der Waals surface area (Å²) in [6, 6.07) is -0.921. The minimum atomic E-state index is -4.62. The first-order chi connectivity index (χ1) is 35.5. The normalized spacial score (nSPS) is 14.8. The largest absolute Gasteiger partial charge is 0.756 e. The van der Waals surface area contributed by atoms with E-state index in [1.165, 1.54) is 89.9 Å². The SMILES string of the molecule is CC/C=C\C/C=C\C/C=C\C/C=C\C/C=C\C/C=C\C/C=C\C/C=C\CCCCCCCCC(=O)NC(COP(=O)([O-])OCC[N+](C)(C)C)C(O)/C=C/CC/C=C/CCCCCCCCCCCCCCCC. The predicted molar refractivity (Wildman–Crippen MR) is 315 cm³/mol. The van der Waals surface area contributed by atoms with Crippen LogP contribution >= 0.6 is 7.82 Å². The lowest BCUT2D eigenvalue weighted by Gasteiger charge is -2.29. The van der Waals surface area contributed by atoms with Gasteiger partial charge in [-0.1, -0.05) is 245 Å². The molecule has 3 atom stereocenters. The number of hydrogen-bond acceptors (Lipinski definition) is 6. The first-order valence-electron chi connectivity index (χ1n) is 29.4. The molecule has 9 heteroatoms. The van der Waals surface area contributed by atoms with Gasteiger partial charge >= 0.3 is 0 Å². The maximum atomic E-state index is 13.0. The zero-order valence-corrected chi connectivity index (χ0v) is 48.4. The van der Waals surface area contributed by atoms with Crippen molar-refractivity contribution < 1.29 is 32.9 Å². The molecule has 0 aromatic carbocycles. The summed E-state index contributed by atoms with van der Waals surface area (Å²) in [5, 5.41) is 13.9. The van der Waals surface area contributed by atoms with Crippen LogP contribution in [0.25, 0.3) is 0 Å². The number of aliphatic hydroxyl groups excluding tert-OH is 1. The number of nitrogens with zero attached hydrogens (tertiary/aromatic N) is 1. The maximum absolute atomic E-state index is 13.0. The molecule has 8 nitrogen and oxygen atoms in total. The molecule has 0 saturated carbocycles. The van der Waals surface area contributed by atoms with Gasteiger partial charge in [-0.2, -0.15) is 0 Å². The zero-order valence-electron chi connectivity index (χ0n) is 47.5. The highest BCUT2D eigenvalue weighted by atomic mass is 31.2. The number of quaternary nitrogens is 1. The molecule has 0 bridgehead atoms. The van der Waals surface area contributed by atoms with Gasteiger partial charge in [0.25, 0.3) is 7.82 Å². The second-order valence-electron chi connectivity index (χ2n) is 20.6. The summed E-state index contributed by atoms with van der Waals surface area (Å²) in [7, 11) is 1.22. The van der Waals surface area contributed by atoms with E-state index in [1.54, 1.807) is 6.08 Å². The Bertz CT molecular complexity index is 1600. The van der Waals surface area contributed by atoms with Crippen LogP contribution < -0.4 is 10.2 Å².